The lowest BCUT2D eigenvalue weighted by Crippen LogP contribution is -2.65. The van der Waals surface area contributed by atoms with Gasteiger partial charge in [0.2, 0.25) is 5.91 Å². The standard InChI is InChI=1S/C24H30N4O8S/c1-6-28-22(17-10-8-7-9-11-17)26-27-24(28)37-23-19(25-13(2)29)21(35-16(5)32)20(34-15(4)31)18(36-23)12-33-14(3)30/h7-11,18-21,23H,6,12H2,1-5H3,(H,25,29)/t18-,19+,20+,21+,23+/m1/s1. The molecule has 12 nitrogen and oxygen atoms in total. The highest BCUT2D eigenvalue weighted by molar-refractivity contribution is 7.99. The van der Waals surface area contributed by atoms with Crippen LogP contribution in [-0.4, -0.2) is 75.0 Å². The number of hydrogen-bond acceptors (Lipinski definition) is 11. The maximum atomic E-state index is 12.2. The summed E-state index contributed by atoms with van der Waals surface area (Å²) in [5, 5.41) is 11.9. The van der Waals surface area contributed by atoms with Gasteiger partial charge in [-0.05, 0) is 6.92 Å². The van der Waals surface area contributed by atoms with E-state index >= 15 is 0 Å². The van der Waals surface area contributed by atoms with E-state index in [-0.39, 0.29) is 6.61 Å². The molecule has 3 rings (SSSR count). The number of carbonyl (C=O) groups excluding carboxylic acids is 4. The third-order valence-electron chi connectivity index (χ3n) is 5.36. The van der Waals surface area contributed by atoms with Crippen molar-refractivity contribution in [2.24, 2.45) is 0 Å². The predicted octanol–water partition coefficient (Wildman–Crippen LogP) is 1.71. The number of nitrogens with one attached hydrogen (secondary N) is 1. The van der Waals surface area contributed by atoms with Gasteiger partial charge < -0.3 is 28.8 Å². The summed E-state index contributed by atoms with van der Waals surface area (Å²) in [6, 6.07) is 8.58. The number of aromatic nitrogens is 3. The molecule has 0 aliphatic carbocycles. The van der Waals surface area contributed by atoms with Crippen molar-refractivity contribution in [2.45, 2.75) is 76.1 Å². The van der Waals surface area contributed by atoms with Crippen molar-refractivity contribution in [2.75, 3.05) is 6.61 Å². The average Bonchev–Trinajstić information content (AvgIpc) is 3.23. The molecule has 0 saturated carbocycles. The van der Waals surface area contributed by atoms with Crippen LogP contribution >= 0.6 is 11.8 Å². The van der Waals surface area contributed by atoms with Crippen LogP contribution in [0.15, 0.2) is 35.5 Å². The van der Waals surface area contributed by atoms with Crippen molar-refractivity contribution in [1.82, 2.24) is 20.1 Å². The summed E-state index contributed by atoms with van der Waals surface area (Å²) in [6.07, 6.45) is -3.28. The number of rotatable bonds is 9. The van der Waals surface area contributed by atoms with E-state index in [1.165, 1.54) is 27.7 Å². The number of hydrogen-bond donors (Lipinski definition) is 1. The van der Waals surface area contributed by atoms with E-state index in [0.717, 1.165) is 17.3 Å². The summed E-state index contributed by atoms with van der Waals surface area (Å²) < 4.78 is 24.2. The van der Waals surface area contributed by atoms with Gasteiger partial charge in [-0.1, -0.05) is 42.1 Å². The molecule has 1 aliphatic rings. The Kier molecular flexibility index (Phi) is 9.64. The molecule has 2 aromatic rings. The van der Waals surface area contributed by atoms with Crippen molar-refractivity contribution < 1.29 is 38.1 Å². The first-order valence-corrected chi connectivity index (χ1v) is 12.5. The van der Waals surface area contributed by atoms with Crippen LogP contribution in [0.3, 0.4) is 0 Å². The summed E-state index contributed by atoms with van der Waals surface area (Å²) in [5.41, 5.74) is -0.00846. The molecule has 0 unspecified atom stereocenters. The second kappa shape index (κ2) is 12.7. The number of ether oxygens (including phenoxy) is 4. The Labute approximate surface area is 218 Å². The van der Waals surface area contributed by atoms with Crippen molar-refractivity contribution in [3.05, 3.63) is 30.3 Å². The lowest BCUT2D eigenvalue weighted by molar-refractivity contribution is -0.211. The van der Waals surface area contributed by atoms with Crippen molar-refractivity contribution >= 4 is 35.6 Å². The Morgan fingerprint density at radius 1 is 0.973 bits per heavy atom. The zero-order valence-corrected chi connectivity index (χ0v) is 22.0. The molecule has 2 heterocycles. The number of nitrogens with zero attached hydrogens (tertiary/aromatic N) is 3. The highest BCUT2D eigenvalue weighted by atomic mass is 32.2. The smallest absolute Gasteiger partial charge is 0.303 e. The van der Waals surface area contributed by atoms with E-state index in [0.29, 0.717) is 17.5 Å². The highest BCUT2D eigenvalue weighted by Gasteiger charge is 2.51. The number of esters is 3. The van der Waals surface area contributed by atoms with E-state index in [4.69, 9.17) is 18.9 Å². The second-order valence-corrected chi connectivity index (χ2v) is 9.32. The largest absolute Gasteiger partial charge is 0.463 e. The van der Waals surface area contributed by atoms with Gasteiger partial charge in [0.05, 0.1) is 0 Å². The maximum absolute atomic E-state index is 12.2. The van der Waals surface area contributed by atoms with Gasteiger partial charge in [0, 0.05) is 39.8 Å². The first kappa shape index (κ1) is 28.1. The summed E-state index contributed by atoms with van der Waals surface area (Å²) in [4.78, 5) is 47.6. The molecule has 0 radical (unpaired) electrons. The van der Waals surface area contributed by atoms with E-state index in [2.05, 4.69) is 15.5 Å². The molecule has 1 N–H and O–H groups in total. The average molecular weight is 535 g/mol. The van der Waals surface area contributed by atoms with E-state index < -0.39 is 53.6 Å². The minimum Gasteiger partial charge on any atom is -0.463 e. The highest BCUT2D eigenvalue weighted by Crippen LogP contribution is 2.36. The SMILES string of the molecule is CCn1c(S[C@@H]2O[C@H](COC(C)=O)[C@H](OC(C)=O)[C@@H](OC(C)=O)[C@@H]2NC(C)=O)nnc1-c1ccccc1. The molecular weight excluding hydrogens is 504 g/mol. The zero-order chi connectivity index (χ0) is 27.1. The van der Waals surface area contributed by atoms with Crippen LogP contribution in [0.1, 0.15) is 34.6 Å². The molecule has 1 aromatic carbocycles. The summed E-state index contributed by atoms with van der Waals surface area (Å²) in [6.45, 7) is 7.14. The molecule has 1 fully saturated rings. The fourth-order valence-corrected chi connectivity index (χ4v) is 5.16. The van der Waals surface area contributed by atoms with Crippen LogP contribution in [0, 0.1) is 0 Å². The predicted molar refractivity (Wildman–Crippen MR) is 131 cm³/mol. The molecule has 1 saturated heterocycles. The zero-order valence-electron chi connectivity index (χ0n) is 21.2. The van der Waals surface area contributed by atoms with Crippen molar-refractivity contribution in [1.29, 1.82) is 0 Å². The second-order valence-electron chi connectivity index (χ2n) is 8.25. The molecule has 13 heteroatoms. The van der Waals surface area contributed by atoms with Crippen LogP contribution in [0.25, 0.3) is 11.4 Å². The fraction of sp³-hybridized carbons (Fsp3) is 0.500. The quantitative estimate of drug-likeness (QED) is 0.370. The first-order valence-electron chi connectivity index (χ1n) is 11.7. The van der Waals surface area contributed by atoms with Crippen LogP contribution in [0.5, 0.6) is 0 Å². The van der Waals surface area contributed by atoms with Crippen LogP contribution in [-0.2, 0) is 44.7 Å². The third-order valence-corrected chi connectivity index (χ3v) is 6.51. The maximum Gasteiger partial charge on any atom is 0.303 e. The van der Waals surface area contributed by atoms with Gasteiger partial charge in [-0.3, -0.25) is 19.2 Å². The Balaban J connectivity index is 2.02. The van der Waals surface area contributed by atoms with Gasteiger partial charge in [-0.2, -0.15) is 0 Å². The van der Waals surface area contributed by atoms with Crippen LogP contribution < -0.4 is 5.32 Å². The van der Waals surface area contributed by atoms with Gasteiger partial charge in [0.25, 0.3) is 0 Å². The fourth-order valence-electron chi connectivity index (χ4n) is 3.96. The Morgan fingerprint density at radius 3 is 2.19 bits per heavy atom. The summed E-state index contributed by atoms with van der Waals surface area (Å²) in [5.74, 6) is -1.66. The van der Waals surface area contributed by atoms with Gasteiger partial charge in [0.15, 0.2) is 23.2 Å². The normalized spacial score (nSPS) is 23.1. The monoisotopic (exact) mass is 534 g/mol. The van der Waals surface area contributed by atoms with Gasteiger partial charge in [-0.15, -0.1) is 10.2 Å². The van der Waals surface area contributed by atoms with Crippen LogP contribution in [0.4, 0.5) is 0 Å². The number of benzene rings is 1. The molecule has 1 amide bonds. The number of thioether (sulfide) groups is 1. The van der Waals surface area contributed by atoms with E-state index in [1.807, 2.05) is 41.8 Å². The summed E-state index contributed by atoms with van der Waals surface area (Å²) >= 11 is 1.15. The van der Waals surface area contributed by atoms with Gasteiger partial charge in [0.1, 0.15) is 24.2 Å². The Hall–Kier alpha value is -3.45. The van der Waals surface area contributed by atoms with E-state index in [9.17, 15) is 19.2 Å². The third kappa shape index (κ3) is 7.29. The lowest BCUT2D eigenvalue weighted by Gasteiger charge is -2.44. The minimum absolute atomic E-state index is 0.273. The molecule has 0 spiro atoms. The van der Waals surface area contributed by atoms with Crippen LogP contribution in [0.2, 0.25) is 0 Å². The topological polar surface area (TPSA) is 148 Å². The molecule has 0 bridgehead atoms. The number of amides is 1. The van der Waals surface area contributed by atoms with E-state index in [1.54, 1.807) is 0 Å². The Morgan fingerprint density at radius 2 is 1.62 bits per heavy atom. The lowest BCUT2D eigenvalue weighted by atomic mass is 9.97. The first-order chi connectivity index (χ1) is 17.6. The molecular formula is C24H30N4O8S. The van der Waals surface area contributed by atoms with Crippen molar-refractivity contribution in [3.8, 4) is 11.4 Å². The number of carbonyl (C=O) groups is 4. The minimum atomic E-state index is -1.15. The molecule has 1 aromatic heterocycles. The van der Waals surface area contributed by atoms with Gasteiger partial charge in [-0.25, -0.2) is 0 Å². The molecule has 200 valence electrons. The molecule has 37 heavy (non-hydrogen) atoms. The molecule has 1 aliphatic heterocycles. The van der Waals surface area contributed by atoms with Gasteiger partial charge >= 0.3 is 17.9 Å². The van der Waals surface area contributed by atoms with Crippen molar-refractivity contribution in [3.63, 3.8) is 0 Å². The Bertz CT molecular complexity index is 1130. The summed E-state index contributed by atoms with van der Waals surface area (Å²) in [7, 11) is 0. The molecule has 5 atom stereocenters.